The lowest BCUT2D eigenvalue weighted by molar-refractivity contribution is -0.119. The van der Waals surface area contributed by atoms with E-state index in [9.17, 15) is 23.2 Å². The van der Waals surface area contributed by atoms with Crippen molar-refractivity contribution in [2.45, 2.75) is 52.1 Å². The fourth-order valence-corrected chi connectivity index (χ4v) is 4.86. The summed E-state index contributed by atoms with van der Waals surface area (Å²) in [4.78, 5) is 40.3. The van der Waals surface area contributed by atoms with Crippen LogP contribution in [0.1, 0.15) is 44.7 Å². The summed E-state index contributed by atoms with van der Waals surface area (Å²) in [7, 11) is 1.49. The van der Waals surface area contributed by atoms with Crippen LogP contribution in [0, 0.1) is 11.7 Å². The van der Waals surface area contributed by atoms with E-state index in [4.69, 9.17) is 14.2 Å². The standard InChI is InChI=1S/C29H34F3N3O6/c1-18(2)16-40-24-5-4-19(12-26(24)39-3)15-34-28(37)21-13-25(41-27(32)6-9-30)22(31)14-23(21)35(29(34)38)20-7-10-33(17-36)11-8-20/h4-5,12-14,17-18,20,27H,6-11,15-16H2,1-3H3. The number of rotatable bonds is 12. The number of hydrogen-bond donors (Lipinski definition) is 0. The van der Waals surface area contributed by atoms with Gasteiger partial charge >= 0.3 is 5.69 Å². The monoisotopic (exact) mass is 577 g/mol. The molecule has 0 bridgehead atoms. The van der Waals surface area contributed by atoms with Gasteiger partial charge in [-0.15, -0.1) is 0 Å². The van der Waals surface area contributed by atoms with Crippen molar-refractivity contribution in [3.63, 3.8) is 0 Å². The SMILES string of the molecule is COc1cc(Cn2c(=O)c3cc(OC(F)CCF)c(F)cc3n(C3CCN(C=O)CC3)c2=O)ccc1OCC(C)C. The van der Waals surface area contributed by atoms with Crippen LogP contribution in [-0.2, 0) is 11.3 Å². The number of carbonyl (C=O) groups is 1. The topological polar surface area (TPSA) is 92.0 Å². The van der Waals surface area contributed by atoms with Crippen LogP contribution in [0.3, 0.4) is 0 Å². The van der Waals surface area contributed by atoms with Crippen molar-refractivity contribution < 1.29 is 32.2 Å². The smallest absolute Gasteiger partial charge is 0.332 e. The van der Waals surface area contributed by atoms with Gasteiger partial charge in [0.05, 0.1) is 37.8 Å². The summed E-state index contributed by atoms with van der Waals surface area (Å²) < 4.78 is 60.2. The van der Waals surface area contributed by atoms with Crippen LogP contribution in [0.25, 0.3) is 10.9 Å². The number of hydrogen-bond acceptors (Lipinski definition) is 6. The normalized spacial score (nSPS) is 14.9. The second-order valence-corrected chi connectivity index (χ2v) is 10.4. The summed E-state index contributed by atoms with van der Waals surface area (Å²) in [6.07, 6.45) is -1.17. The number of likely N-dealkylation sites (tertiary alicyclic amines) is 1. The summed E-state index contributed by atoms with van der Waals surface area (Å²) in [6.45, 7) is 4.12. The number of amides is 1. The first-order valence-corrected chi connectivity index (χ1v) is 13.5. The molecule has 0 radical (unpaired) electrons. The van der Waals surface area contributed by atoms with Crippen LogP contribution in [0.5, 0.6) is 17.2 Å². The molecule has 1 aromatic heterocycles. The highest BCUT2D eigenvalue weighted by molar-refractivity contribution is 5.80. The Labute approximate surface area is 235 Å². The number of methoxy groups -OCH3 is 1. The number of nitrogens with zero attached hydrogens (tertiary/aromatic N) is 3. The average molecular weight is 578 g/mol. The van der Waals surface area contributed by atoms with Crippen LogP contribution in [0.2, 0.25) is 0 Å². The quantitative estimate of drug-likeness (QED) is 0.300. The minimum atomic E-state index is -2.11. The highest BCUT2D eigenvalue weighted by Gasteiger charge is 2.26. The maximum atomic E-state index is 15.0. The van der Waals surface area contributed by atoms with E-state index < -0.39 is 48.3 Å². The molecule has 1 atom stereocenters. The largest absolute Gasteiger partial charge is 0.493 e. The minimum Gasteiger partial charge on any atom is -0.493 e. The van der Waals surface area contributed by atoms with Gasteiger partial charge in [-0.05, 0) is 42.5 Å². The van der Waals surface area contributed by atoms with Crippen LogP contribution >= 0.6 is 0 Å². The molecule has 0 aliphatic carbocycles. The van der Waals surface area contributed by atoms with Crippen molar-refractivity contribution in [3.05, 3.63) is 62.6 Å². The molecule has 0 N–H and O–H groups in total. The van der Waals surface area contributed by atoms with Crippen molar-refractivity contribution in [1.29, 1.82) is 0 Å². The molecule has 1 fully saturated rings. The number of fused-ring (bicyclic) bond motifs is 1. The number of carbonyl (C=O) groups excluding carboxylic acids is 1. The van der Waals surface area contributed by atoms with Gasteiger partial charge in [0.2, 0.25) is 12.8 Å². The highest BCUT2D eigenvalue weighted by atomic mass is 19.2. The third kappa shape index (κ3) is 6.68. The zero-order chi connectivity index (χ0) is 29.7. The average Bonchev–Trinajstić information content (AvgIpc) is 2.95. The molecule has 1 unspecified atom stereocenters. The van der Waals surface area contributed by atoms with Gasteiger partial charge in [0.25, 0.3) is 5.56 Å². The minimum absolute atomic E-state index is 0.0292. The number of aromatic nitrogens is 2. The van der Waals surface area contributed by atoms with E-state index in [-0.39, 0.29) is 23.4 Å². The zero-order valence-electron chi connectivity index (χ0n) is 23.3. The van der Waals surface area contributed by atoms with E-state index in [1.54, 1.807) is 23.1 Å². The Balaban J connectivity index is 1.83. The van der Waals surface area contributed by atoms with E-state index in [1.165, 1.54) is 11.7 Å². The Morgan fingerprint density at radius 1 is 1.07 bits per heavy atom. The van der Waals surface area contributed by atoms with E-state index >= 15 is 4.39 Å². The van der Waals surface area contributed by atoms with Gasteiger partial charge < -0.3 is 19.1 Å². The van der Waals surface area contributed by atoms with Gasteiger partial charge in [-0.3, -0.25) is 23.1 Å². The second-order valence-electron chi connectivity index (χ2n) is 10.4. The molecule has 0 saturated carbocycles. The zero-order valence-corrected chi connectivity index (χ0v) is 23.3. The van der Waals surface area contributed by atoms with E-state index in [0.29, 0.717) is 49.6 Å². The number of halogens is 3. The molecule has 12 heteroatoms. The Morgan fingerprint density at radius 3 is 2.44 bits per heavy atom. The van der Waals surface area contributed by atoms with Crippen molar-refractivity contribution in [2.24, 2.45) is 5.92 Å². The van der Waals surface area contributed by atoms with Gasteiger partial charge in [-0.25, -0.2) is 13.6 Å². The Hall–Kier alpha value is -3.96. The van der Waals surface area contributed by atoms with Crippen LogP contribution in [0.15, 0.2) is 39.9 Å². The van der Waals surface area contributed by atoms with Crippen LogP contribution in [-0.4, -0.2) is 60.3 Å². The predicted octanol–water partition coefficient (Wildman–Crippen LogP) is 4.22. The highest BCUT2D eigenvalue weighted by Crippen LogP contribution is 2.30. The number of piperidine rings is 1. The van der Waals surface area contributed by atoms with Gasteiger partial charge in [-0.2, -0.15) is 0 Å². The van der Waals surface area contributed by atoms with E-state index in [1.807, 2.05) is 13.8 Å². The summed E-state index contributed by atoms with van der Waals surface area (Å²) in [5.41, 5.74) is -0.775. The van der Waals surface area contributed by atoms with Crippen molar-refractivity contribution in [1.82, 2.24) is 14.0 Å². The molecule has 0 spiro atoms. The fourth-order valence-electron chi connectivity index (χ4n) is 4.86. The summed E-state index contributed by atoms with van der Waals surface area (Å²) in [5, 5.41) is -0.0601. The Kier molecular flexibility index (Phi) is 9.61. The first-order chi connectivity index (χ1) is 19.7. The molecule has 1 amide bonds. The Bertz CT molecular complexity index is 1500. The molecule has 4 rings (SSSR count). The van der Waals surface area contributed by atoms with Crippen LogP contribution in [0.4, 0.5) is 13.2 Å². The lowest BCUT2D eigenvalue weighted by atomic mass is 10.0. The maximum absolute atomic E-state index is 15.0. The Morgan fingerprint density at radius 2 is 1.80 bits per heavy atom. The second kappa shape index (κ2) is 13.1. The molecule has 9 nitrogen and oxygen atoms in total. The van der Waals surface area contributed by atoms with Gasteiger partial charge in [-0.1, -0.05) is 19.9 Å². The fraction of sp³-hybridized carbons (Fsp3) is 0.483. The van der Waals surface area contributed by atoms with Gasteiger partial charge in [0.1, 0.15) is 0 Å². The van der Waals surface area contributed by atoms with E-state index in [0.717, 1.165) is 23.1 Å². The van der Waals surface area contributed by atoms with Crippen LogP contribution < -0.4 is 25.5 Å². The molecular weight excluding hydrogens is 543 g/mol. The summed E-state index contributed by atoms with van der Waals surface area (Å²) in [5.74, 6) is -0.317. The molecule has 1 aliphatic heterocycles. The lowest BCUT2D eigenvalue weighted by Crippen LogP contribution is -2.44. The maximum Gasteiger partial charge on any atom is 0.332 e. The molecule has 41 heavy (non-hydrogen) atoms. The molecule has 2 heterocycles. The van der Waals surface area contributed by atoms with Crippen molar-refractivity contribution >= 4 is 17.3 Å². The van der Waals surface area contributed by atoms with Gasteiger partial charge in [0, 0.05) is 31.6 Å². The first-order valence-electron chi connectivity index (χ1n) is 13.5. The third-order valence-electron chi connectivity index (χ3n) is 6.97. The number of ether oxygens (including phenoxy) is 3. The summed E-state index contributed by atoms with van der Waals surface area (Å²) >= 11 is 0. The number of benzene rings is 2. The lowest BCUT2D eigenvalue weighted by Gasteiger charge is -2.31. The van der Waals surface area contributed by atoms with Gasteiger partial charge in [0.15, 0.2) is 23.1 Å². The molecular formula is C29H34F3N3O6. The molecule has 3 aromatic rings. The molecule has 1 saturated heterocycles. The molecule has 222 valence electrons. The third-order valence-corrected chi connectivity index (χ3v) is 6.97. The predicted molar refractivity (Wildman–Crippen MR) is 147 cm³/mol. The first kappa shape index (κ1) is 30.0. The summed E-state index contributed by atoms with van der Waals surface area (Å²) in [6, 6.07) is 6.67. The van der Waals surface area contributed by atoms with Crippen molar-refractivity contribution in [2.75, 3.05) is 33.5 Å². The van der Waals surface area contributed by atoms with Crippen molar-refractivity contribution in [3.8, 4) is 17.2 Å². The number of alkyl halides is 2. The molecule has 2 aromatic carbocycles. The molecule has 1 aliphatic rings. The van der Waals surface area contributed by atoms with E-state index in [2.05, 4.69) is 0 Å².